The first-order chi connectivity index (χ1) is 16.0. The molecule has 0 aliphatic carbocycles. The summed E-state index contributed by atoms with van der Waals surface area (Å²) in [4.78, 5) is 12.9. The van der Waals surface area contributed by atoms with Crippen LogP contribution in [0.3, 0.4) is 0 Å². The fraction of sp³-hybridized carbons (Fsp3) is 0.208. The van der Waals surface area contributed by atoms with Gasteiger partial charge in [-0.3, -0.25) is 9.10 Å². The molecule has 1 atom stereocenters. The zero-order valence-corrected chi connectivity index (χ0v) is 20.6. The molecule has 1 N–H and O–H groups in total. The molecule has 1 aliphatic rings. The highest BCUT2D eigenvalue weighted by molar-refractivity contribution is 7.93. The predicted molar refractivity (Wildman–Crippen MR) is 131 cm³/mol. The Hall–Kier alpha value is -3.21. The van der Waals surface area contributed by atoms with E-state index < -0.39 is 26.0 Å². The fourth-order valence-corrected chi connectivity index (χ4v) is 6.65. The Labute approximate surface area is 199 Å². The number of nitrogens with one attached hydrogen (secondary N) is 1. The smallest absolute Gasteiger partial charge is 0.264 e. The normalized spacial score (nSPS) is 15.9. The Morgan fingerprint density at radius 1 is 0.912 bits per heavy atom. The van der Waals surface area contributed by atoms with E-state index >= 15 is 0 Å². The molecule has 0 saturated carbocycles. The van der Waals surface area contributed by atoms with Gasteiger partial charge in [-0.1, -0.05) is 30.3 Å². The van der Waals surface area contributed by atoms with Gasteiger partial charge in [0.1, 0.15) is 0 Å². The number of anilines is 2. The van der Waals surface area contributed by atoms with Crippen molar-refractivity contribution in [2.75, 3.05) is 23.7 Å². The number of rotatable bonds is 6. The zero-order valence-electron chi connectivity index (χ0n) is 19.0. The van der Waals surface area contributed by atoms with E-state index in [2.05, 4.69) is 5.32 Å². The van der Waals surface area contributed by atoms with Crippen molar-refractivity contribution in [1.29, 1.82) is 0 Å². The van der Waals surface area contributed by atoms with Gasteiger partial charge in [-0.15, -0.1) is 0 Å². The van der Waals surface area contributed by atoms with Crippen molar-refractivity contribution in [3.8, 4) is 0 Å². The van der Waals surface area contributed by atoms with Gasteiger partial charge in [-0.2, -0.15) is 0 Å². The van der Waals surface area contributed by atoms with Gasteiger partial charge in [0.15, 0.2) is 0 Å². The fourth-order valence-electron chi connectivity index (χ4n) is 3.96. The first kappa shape index (κ1) is 23.9. The van der Waals surface area contributed by atoms with Crippen molar-refractivity contribution in [2.45, 2.75) is 29.2 Å². The van der Waals surface area contributed by atoms with Gasteiger partial charge in [0.2, 0.25) is 10.0 Å². The van der Waals surface area contributed by atoms with Crippen LogP contribution in [-0.2, 0) is 26.5 Å². The largest absolute Gasteiger partial charge is 0.322 e. The molecule has 4 rings (SSSR count). The van der Waals surface area contributed by atoms with Crippen molar-refractivity contribution >= 4 is 37.3 Å². The summed E-state index contributed by atoms with van der Waals surface area (Å²) in [6, 6.07) is 18.8. The summed E-state index contributed by atoms with van der Waals surface area (Å²) in [6.07, 6.45) is 0.613. The second kappa shape index (κ2) is 8.86. The van der Waals surface area contributed by atoms with E-state index in [9.17, 15) is 21.6 Å². The van der Waals surface area contributed by atoms with Crippen LogP contribution in [0.25, 0.3) is 0 Å². The molecule has 3 aromatic carbocycles. The minimum Gasteiger partial charge on any atom is -0.322 e. The number of fused-ring (bicyclic) bond motifs is 1. The maximum atomic E-state index is 13.5. The summed E-state index contributed by atoms with van der Waals surface area (Å²) in [7, 11) is -4.72. The van der Waals surface area contributed by atoms with E-state index in [0.29, 0.717) is 12.1 Å². The highest BCUT2D eigenvalue weighted by atomic mass is 32.2. The molecule has 0 fully saturated rings. The summed E-state index contributed by atoms with van der Waals surface area (Å²) >= 11 is 0. The van der Waals surface area contributed by atoms with Crippen molar-refractivity contribution in [3.63, 3.8) is 0 Å². The first-order valence-corrected chi connectivity index (χ1v) is 13.5. The van der Waals surface area contributed by atoms with Crippen molar-refractivity contribution < 1.29 is 21.6 Å². The Bertz CT molecular complexity index is 1470. The number of sulfonamides is 2. The van der Waals surface area contributed by atoms with Gasteiger partial charge in [0.25, 0.3) is 15.9 Å². The van der Waals surface area contributed by atoms with Crippen LogP contribution in [-0.4, -0.2) is 47.2 Å². The lowest BCUT2D eigenvalue weighted by molar-refractivity contribution is 0.102. The van der Waals surface area contributed by atoms with Gasteiger partial charge in [0, 0.05) is 31.4 Å². The number of carbonyl (C=O) groups is 1. The van der Waals surface area contributed by atoms with Crippen LogP contribution in [0.2, 0.25) is 0 Å². The van der Waals surface area contributed by atoms with Crippen LogP contribution < -0.4 is 9.62 Å². The molecule has 3 aromatic rings. The summed E-state index contributed by atoms with van der Waals surface area (Å²) in [5.41, 5.74) is 2.02. The van der Waals surface area contributed by atoms with E-state index in [1.54, 1.807) is 18.2 Å². The molecule has 8 nitrogen and oxygen atoms in total. The topological polar surface area (TPSA) is 104 Å². The highest BCUT2D eigenvalue weighted by Gasteiger charge is 2.36. The molecule has 34 heavy (non-hydrogen) atoms. The van der Waals surface area contributed by atoms with Crippen LogP contribution in [0.5, 0.6) is 0 Å². The molecule has 0 saturated heterocycles. The lowest BCUT2D eigenvalue weighted by atomic mass is 10.1. The number of hydrogen-bond acceptors (Lipinski definition) is 5. The van der Waals surface area contributed by atoms with Gasteiger partial charge < -0.3 is 5.32 Å². The number of nitrogens with zero attached hydrogens (tertiary/aromatic N) is 2. The minimum absolute atomic E-state index is 0.00707. The second-order valence-electron chi connectivity index (χ2n) is 8.28. The molecule has 0 unspecified atom stereocenters. The lowest BCUT2D eigenvalue weighted by Gasteiger charge is -2.24. The summed E-state index contributed by atoms with van der Waals surface area (Å²) in [5, 5.41) is 2.65. The summed E-state index contributed by atoms with van der Waals surface area (Å²) in [6.45, 7) is 1.85. The third kappa shape index (κ3) is 4.31. The monoisotopic (exact) mass is 499 g/mol. The third-order valence-corrected chi connectivity index (χ3v) is 9.40. The van der Waals surface area contributed by atoms with Crippen LogP contribution >= 0.6 is 0 Å². The molecule has 0 spiro atoms. The van der Waals surface area contributed by atoms with Crippen LogP contribution in [0.15, 0.2) is 82.6 Å². The first-order valence-electron chi connectivity index (χ1n) is 10.6. The standard InChI is InChI=1S/C24H25N3O5S2/c1-17-14-18-8-4-5-13-23(18)27(17)34(31,32)21-11-6-9-19(15-21)24(28)25-20-10-7-12-22(16-20)33(29,30)26(2)3/h4-13,15-17H,14H2,1-3H3,(H,25,28)/t17-/m0/s1. The molecule has 1 aliphatic heterocycles. The van der Waals surface area contributed by atoms with Gasteiger partial charge in [0.05, 0.1) is 15.5 Å². The number of benzene rings is 3. The molecule has 0 aromatic heterocycles. The average Bonchev–Trinajstić information content (AvgIpc) is 3.15. The number of hydrogen-bond donors (Lipinski definition) is 1. The Balaban J connectivity index is 1.62. The van der Waals surface area contributed by atoms with Crippen molar-refractivity contribution in [2.24, 2.45) is 0 Å². The molecule has 1 heterocycles. The molecular formula is C24H25N3O5S2. The Kier molecular flexibility index (Phi) is 6.24. The van der Waals surface area contributed by atoms with Gasteiger partial charge in [-0.05, 0) is 61.4 Å². The average molecular weight is 500 g/mol. The lowest BCUT2D eigenvalue weighted by Crippen LogP contribution is -2.35. The molecular weight excluding hydrogens is 474 g/mol. The SMILES string of the molecule is C[C@H]1Cc2ccccc2N1S(=O)(=O)c1cccc(C(=O)Nc2cccc(S(=O)(=O)N(C)C)c2)c1. The highest BCUT2D eigenvalue weighted by Crippen LogP contribution is 2.36. The second-order valence-corrected chi connectivity index (χ2v) is 12.2. The predicted octanol–water partition coefficient (Wildman–Crippen LogP) is 3.33. The number of carbonyl (C=O) groups excluding carboxylic acids is 1. The van der Waals surface area contributed by atoms with E-state index in [4.69, 9.17) is 0 Å². The third-order valence-electron chi connectivity index (χ3n) is 5.67. The van der Waals surface area contributed by atoms with E-state index in [1.165, 1.54) is 60.9 Å². The zero-order chi connectivity index (χ0) is 24.7. The quantitative estimate of drug-likeness (QED) is 0.560. The molecule has 10 heteroatoms. The molecule has 0 bridgehead atoms. The van der Waals surface area contributed by atoms with Crippen LogP contribution in [0.1, 0.15) is 22.8 Å². The summed E-state index contributed by atoms with van der Waals surface area (Å²) < 4.78 is 54.2. The Morgan fingerprint density at radius 3 is 2.32 bits per heavy atom. The number of para-hydroxylation sites is 1. The maximum Gasteiger partial charge on any atom is 0.264 e. The van der Waals surface area contributed by atoms with Crippen molar-refractivity contribution in [1.82, 2.24) is 4.31 Å². The Morgan fingerprint density at radius 2 is 1.59 bits per heavy atom. The van der Waals surface area contributed by atoms with Gasteiger partial charge in [-0.25, -0.2) is 21.1 Å². The van der Waals surface area contributed by atoms with Gasteiger partial charge >= 0.3 is 0 Å². The van der Waals surface area contributed by atoms with E-state index in [-0.39, 0.29) is 27.1 Å². The van der Waals surface area contributed by atoms with Crippen molar-refractivity contribution in [3.05, 3.63) is 83.9 Å². The summed E-state index contributed by atoms with van der Waals surface area (Å²) in [5.74, 6) is -0.550. The maximum absolute atomic E-state index is 13.5. The van der Waals surface area contributed by atoms with E-state index in [0.717, 1.165) is 9.87 Å². The number of amides is 1. The van der Waals surface area contributed by atoms with Crippen LogP contribution in [0, 0.1) is 0 Å². The molecule has 0 radical (unpaired) electrons. The minimum atomic E-state index is -3.90. The van der Waals surface area contributed by atoms with E-state index in [1.807, 2.05) is 19.1 Å². The van der Waals surface area contributed by atoms with Crippen LogP contribution in [0.4, 0.5) is 11.4 Å². The molecule has 1 amide bonds. The molecule has 178 valence electrons.